The van der Waals surface area contributed by atoms with Gasteiger partial charge in [0.15, 0.2) is 0 Å². The number of rotatable bonds is 3. The first kappa shape index (κ1) is 12.4. The molecule has 1 heterocycles. The number of hydrogen-bond acceptors (Lipinski definition) is 3. The summed E-state index contributed by atoms with van der Waals surface area (Å²) in [6.07, 6.45) is 12.0. The molecule has 2 rings (SSSR count). The lowest BCUT2D eigenvalue weighted by molar-refractivity contribution is -0.146. The summed E-state index contributed by atoms with van der Waals surface area (Å²) in [7, 11) is 0. The summed E-state index contributed by atoms with van der Waals surface area (Å²) in [5.41, 5.74) is 1.16. The van der Waals surface area contributed by atoms with Crippen LogP contribution in [0.2, 0.25) is 0 Å². The summed E-state index contributed by atoms with van der Waals surface area (Å²) in [6, 6.07) is 0.279. The molecule has 3 heteroatoms. The average Bonchev–Trinajstić information content (AvgIpc) is 2.38. The van der Waals surface area contributed by atoms with Crippen molar-refractivity contribution in [2.24, 2.45) is 0 Å². The molecule has 3 nitrogen and oxygen atoms in total. The Kier molecular flexibility index (Phi) is 4.37. The van der Waals surface area contributed by atoms with Crippen molar-refractivity contribution in [3.63, 3.8) is 0 Å². The van der Waals surface area contributed by atoms with E-state index in [1.807, 2.05) is 0 Å². The minimum absolute atomic E-state index is 0.107. The summed E-state index contributed by atoms with van der Waals surface area (Å²) in [6.45, 7) is 2.52. The number of hydrogen-bond donors (Lipinski definition) is 1. The van der Waals surface area contributed by atoms with E-state index in [0.29, 0.717) is 0 Å². The molecule has 0 aromatic carbocycles. The van der Waals surface area contributed by atoms with E-state index in [2.05, 4.69) is 23.5 Å². The fourth-order valence-electron chi connectivity index (χ4n) is 2.54. The monoisotopic (exact) mass is 235 g/mol. The summed E-state index contributed by atoms with van der Waals surface area (Å²) in [5.74, 6) is -0.192. The van der Waals surface area contributed by atoms with E-state index in [9.17, 15) is 4.79 Å². The average molecular weight is 235 g/mol. The van der Waals surface area contributed by atoms with Crippen molar-refractivity contribution in [1.82, 2.24) is 5.32 Å². The van der Waals surface area contributed by atoms with Gasteiger partial charge < -0.3 is 10.1 Å². The van der Waals surface area contributed by atoms with Crippen LogP contribution >= 0.6 is 0 Å². The van der Waals surface area contributed by atoms with Crippen molar-refractivity contribution in [2.75, 3.05) is 6.54 Å². The molecule has 0 amide bonds. The quantitative estimate of drug-likeness (QED) is 0.763. The molecule has 1 aliphatic heterocycles. The van der Waals surface area contributed by atoms with Gasteiger partial charge in [0, 0.05) is 13.0 Å². The lowest BCUT2D eigenvalue weighted by Crippen LogP contribution is -2.45. The van der Waals surface area contributed by atoms with Gasteiger partial charge in [-0.05, 0) is 37.8 Å². The van der Waals surface area contributed by atoms with Gasteiger partial charge in [0.25, 0.3) is 0 Å². The van der Waals surface area contributed by atoms with Gasteiger partial charge in [-0.15, -0.1) is 0 Å². The Hall–Kier alpha value is -1.09. The van der Waals surface area contributed by atoms with Crippen LogP contribution in [0.4, 0.5) is 0 Å². The van der Waals surface area contributed by atoms with Gasteiger partial charge in [-0.1, -0.05) is 24.6 Å². The van der Waals surface area contributed by atoms with E-state index in [1.54, 1.807) is 0 Å². The molecule has 2 unspecified atom stereocenters. The molecule has 1 fully saturated rings. The molecule has 2 aliphatic rings. The topological polar surface area (TPSA) is 38.3 Å². The standard InChI is InChI=1S/C14H21NO2/c1-11(16)17-14(12-7-3-2-4-8-12)13-9-5-6-10-15-13/h3,7-8,13-15H,2,4-6,9-10H2,1H3. The minimum Gasteiger partial charge on any atom is -0.456 e. The Morgan fingerprint density at radius 1 is 1.47 bits per heavy atom. The number of ether oxygens (including phenoxy) is 1. The molecular weight excluding hydrogens is 214 g/mol. The van der Waals surface area contributed by atoms with Crippen molar-refractivity contribution in [1.29, 1.82) is 0 Å². The van der Waals surface area contributed by atoms with E-state index < -0.39 is 0 Å². The zero-order valence-electron chi connectivity index (χ0n) is 10.4. The zero-order valence-corrected chi connectivity index (χ0v) is 10.4. The molecule has 0 saturated carbocycles. The predicted octanol–water partition coefficient (Wildman–Crippen LogP) is 2.34. The lowest BCUT2D eigenvalue weighted by Gasteiger charge is -2.32. The third-order valence-electron chi connectivity index (χ3n) is 3.36. The normalized spacial score (nSPS) is 26.2. The molecule has 0 spiro atoms. The van der Waals surface area contributed by atoms with Crippen molar-refractivity contribution in [2.45, 2.75) is 51.2 Å². The number of allylic oxidation sites excluding steroid dienone is 2. The van der Waals surface area contributed by atoms with Gasteiger partial charge in [0.2, 0.25) is 0 Å². The molecule has 1 saturated heterocycles. The highest BCUT2D eigenvalue weighted by Gasteiger charge is 2.28. The Balaban J connectivity index is 2.08. The van der Waals surface area contributed by atoms with Gasteiger partial charge in [0.05, 0.1) is 0 Å². The van der Waals surface area contributed by atoms with Crippen LogP contribution in [0.3, 0.4) is 0 Å². The molecule has 94 valence electrons. The van der Waals surface area contributed by atoms with Crippen molar-refractivity contribution in [3.8, 4) is 0 Å². The van der Waals surface area contributed by atoms with Gasteiger partial charge >= 0.3 is 5.97 Å². The lowest BCUT2D eigenvalue weighted by atomic mass is 9.92. The number of nitrogens with one attached hydrogen (secondary N) is 1. The van der Waals surface area contributed by atoms with Crippen LogP contribution in [0.15, 0.2) is 23.8 Å². The Morgan fingerprint density at radius 3 is 2.94 bits per heavy atom. The highest BCUT2D eigenvalue weighted by atomic mass is 16.5. The summed E-state index contributed by atoms with van der Waals surface area (Å²) in [5, 5.41) is 3.47. The van der Waals surface area contributed by atoms with E-state index in [4.69, 9.17) is 4.74 Å². The third kappa shape index (κ3) is 3.43. The summed E-state index contributed by atoms with van der Waals surface area (Å²) >= 11 is 0. The molecule has 1 N–H and O–H groups in total. The Labute approximate surface area is 103 Å². The van der Waals surface area contributed by atoms with Crippen LogP contribution in [0.25, 0.3) is 0 Å². The second-order valence-corrected chi connectivity index (χ2v) is 4.77. The molecule has 0 aromatic heterocycles. The van der Waals surface area contributed by atoms with Crippen LogP contribution in [0.1, 0.15) is 39.0 Å². The molecule has 2 atom stereocenters. The minimum atomic E-state index is -0.192. The first-order chi connectivity index (χ1) is 8.27. The van der Waals surface area contributed by atoms with E-state index >= 15 is 0 Å². The van der Waals surface area contributed by atoms with Gasteiger partial charge in [-0.2, -0.15) is 0 Å². The van der Waals surface area contributed by atoms with Crippen molar-refractivity contribution >= 4 is 5.97 Å². The smallest absolute Gasteiger partial charge is 0.303 e. The van der Waals surface area contributed by atoms with Crippen LogP contribution in [0, 0.1) is 0 Å². The van der Waals surface area contributed by atoms with E-state index in [1.165, 1.54) is 19.8 Å². The molecule has 0 aromatic rings. The number of piperidine rings is 1. The van der Waals surface area contributed by atoms with Gasteiger partial charge in [-0.3, -0.25) is 4.79 Å². The van der Waals surface area contributed by atoms with Crippen LogP contribution < -0.4 is 5.32 Å². The largest absolute Gasteiger partial charge is 0.456 e. The maximum Gasteiger partial charge on any atom is 0.303 e. The SMILES string of the molecule is CC(=O)OC(C1=CCCC=C1)C1CCCCN1. The number of carbonyl (C=O) groups excluding carboxylic acids is 1. The first-order valence-corrected chi connectivity index (χ1v) is 6.54. The van der Waals surface area contributed by atoms with Crippen LogP contribution in [0.5, 0.6) is 0 Å². The number of esters is 1. The molecule has 0 radical (unpaired) electrons. The fourth-order valence-corrected chi connectivity index (χ4v) is 2.54. The fraction of sp³-hybridized carbons (Fsp3) is 0.643. The van der Waals surface area contributed by atoms with Crippen molar-refractivity contribution in [3.05, 3.63) is 23.8 Å². The van der Waals surface area contributed by atoms with Gasteiger partial charge in [0.1, 0.15) is 6.10 Å². The summed E-state index contributed by atoms with van der Waals surface area (Å²) in [4.78, 5) is 11.2. The van der Waals surface area contributed by atoms with Gasteiger partial charge in [-0.25, -0.2) is 0 Å². The van der Waals surface area contributed by atoms with E-state index in [-0.39, 0.29) is 18.1 Å². The van der Waals surface area contributed by atoms with Crippen LogP contribution in [-0.2, 0) is 9.53 Å². The highest BCUT2D eigenvalue weighted by Crippen LogP contribution is 2.23. The maximum atomic E-state index is 11.2. The predicted molar refractivity (Wildman–Crippen MR) is 67.7 cm³/mol. The Bertz CT molecular complexity index is 327. The maximum absolute atomic E-state index is 11.2. The van der Waals surface area contributed by atoms with Crippen molar-refractivity contribution < 1.29 is 9.53 Å². The first-order valence-electron chi connectivity index (χ1n) is 6.54. The number of carbonyl (C=O) groups is 1. The molecule has 0 bridgehead atoms. The second kappa shape index (κ2) is 6.01. The molecule has 1 aliphatic carbocycles. The second-order valence-electron chi connectivity index (χ2n) is 4.77. The Morgan fingerprint density at radius 2 is 2.35 bits per heavy atom. The van der Waals surface area contributed by atoms with E-state index in [0.717, 1.165) is 31.4 Å². The van der Waals surface area contributed by atoms with Crippen LogP contribution in [-0.4, -0.2) is 24.7 Å². The summed E-state index contributed by atoms with van der Waals surface area (Å²) < 4.78 is 5.51. The molecule has 17 heavy (non-hydrogen) atoms. The molecular formula is C14H21NO2. The zero-order chi connectivity index (χ0) is 12.1. The third-order valence-corrected chi connectivity index (χ3v) is 3.36. The highest BCUT2D eigenvalue weighted by molar-refractivity contribution is 5.66.